The zero-order chi connectivity index (χ0) is 22.4. The molecule has 7 heteroatoms. The summed E-state index contributed by atoms with van der Waals surface area (Å²) in [5.41, 5.74) is 8.22. The number of carbonyl (C=O) groups is 1. The number of thiazole rings is 1. The van der Waals surface area contributed by atoms with E-state index in [0.717, 1.165) is 16.7 Å². The first-order chi connectivity index (χ1) is 15.6. The standard InChI is InChI=1S/C25H22N4O2S/c1-31-29-22(23(26)30)21-17-32-24(27-21)28-25(18-11-5-2-6-12-18,19-13-7-3-8-14-19)20-15-9-4-10-16-20/h2-17H,1H3,(H2,26,30)(H,27,28). The van der Waals surface area contributed by atoms with Crippen LogP contribution in [0.15, 0.2) is 102 Å². The van der Waals surface area contributed by atoms with Gasteiger partial charge in [0.2, 0.25) is 0 Å². The van der Waals surface area contributed by atoms with Crippen molar-refractivity contribution in [2.24, 2.45) is 10.9 Å². The Bertz CT molecular complexity index is 1110. The second-order valence-corrected chi connectivity index (χ2v) is 7.86. The van der Waals surface area contributed by atoms with Crippen LogP contribution in [0.25, 0.3) is 0 Å². The summed E-state index contributed by atoms with van der Waals surface area (Å²) in [6.45, 7) is 0. The minimum Gasteiger partial charge on any atom is -0.398 e. The van der Waals surface area contributed by atoms with Gasteiger partial charge in [0.05, 0.1) is 0 Å². The third kappa shape index (κ3) is 4.10. The Morgan fingerprint density at radius 2 is 1.38 bits per heavy atom. The molecule has 3 aromatic carbocycles. The van der Waals surface area contributed by atoms with Crippen molar-refractivity contribution in [3.05, 3.63) is 119 Å². The molecule has 160 valence electrons. The van der Waals surface area contributed by atoms with E-state index >= 15 is 0 Å². The molecule has 0 saturated heterocycles. The summed E-state index contributed by atoms with van der Waals surface area (Å²) in [6, 6.07) is 30.6. The van der Waals surface area contributed by atoms with Crippen LogP contribution in [-0.4, -0.2) is 23.7 Å². The van der Waals surface area contributed by atoms with Crippen LogP contribution < -0.4 is 11.1 Å². The van der Waals surface area contributed by atoms with Crippen LogP contribution in [0.5, 0.6) is 0 Å². The summed E-state index contributed by atoms with van der Waals surface area (Å²) < 4.78 is 0. The molecule has 0 atom stereocenters. The van der Waals surface area contributed by atoms with E-state index in [1.165, 1.54) is 18.4 Å². The van der Waals surface area contributed by atoms with Crippen molar-refractivity contribution < 1.29 is 9.63 Å². The predicted molar refractivity (Wildman–Crippen MR) is 128 cm³/mol. The average Bonchev–Trinajstić information content (AvgIpc) is 3.30. The molecule has 0 spiro atoms. The van der Waals surface area contributed by atoms with Crippen molar-refractivity contribution in [1.82, 2.24) is 4.98 Å². The van der Waals surface area contributed by atoms with Gasteiger partial charge in [0.15, 0.2) is 10.8 Å². The van der Waals surface area contributed by atoms with Gasteiger partial charge in [-0.25, -0.2) is 4.98 Å². The van der Waals surface area contributed by atoms with E-state index in [0.29, 0.717) is 10.8 Å². The number of nitrogens with two attached hydrogens (primary N) is 1. The number of hydrogen-bond donors (Lipinski definition) is 2. The lowest BCUT2D eigenvalue weighted by molar-refractivity contribution is -0.112. The molecule has 4 aromatic rings. The van der Waals surface area contributed by atoms with Gasteiger partial charge in [0.1, 0.15) is 18.3 Å². The van der Waals surface area contributed by atoms with Crippen LogP contribution in [0.3, 0.4) is 0 Å². The first-order valence-corrected chi connectivity index (χ1v) is 10.8. The van der Waals surface area contributed by atoms with E-state index in [1.54, 1.807) is 5.38 Å². The van der Waals surface area contributed by atoms with E-state index in [9.17, 15) is 4.79 Å². The molecule has 0 fully saturated rings. The molecule has 1 amide bonds. The molecular weight excluding hydrogens is 420 g/mol. The molecular formula is C25H22N4O2S. The van der Waals surface area contributed by atoms with E-state index < -0.39 is 11.4 Å². The van der Waals surface area contributed by atoms with Gasteiger partial charge in [0.25, 0.3) is 5.91 Å². The number of amides is 1. The number of nitrogens with zero attached hydrogens (tertiary/aromatic N) is 2. The van der Waals surface area contributed by atoms with Crippen LogP contribution in [0.1, 0.15) is 22.4 Å². The Morgan fingerprint density at radius 1 is 0.906 bits per heavy atom. The number of carbonyl (C=O) groups excluding carboxylic acids is 1. The topological polar surface area (TPSA) is 89.6 Å². The summed E-state index contributed by atoms with van der Waals surface area (Å²) in [4.78, 5) is 21.2. The summed E-state index contributed by atoms with van der Waals surface area (Å²) >= 11 is 1.37. The van der Waals surface area contributed by atoms with E-state index in [4.69, 9.17) is 10.6 Å². The molecule has 0 saturated carbocycles. The van der Waals surface area contributed by atoms with E-state index in [2.05, 4.69) is 51.9 Å². The Kier molecular flexibility index (Phi) is 6.28. The molecule has 0 aliphatic carbocycles. The van der Waals surface area contributed by atoms with Crippen molar-refractivity contribution in [3.63, 3.8) is 0 Å². The largest absolute Gasteiger partial charge is 0.398 e. The Hall–Kier alpha value is -3.97. The third-order valence-corrected chi connectivity index (χ3v) is 5.84. The Balaban J connectivity index is 1.90. The lowest BCUT2D eigenvalue weighted by Crippen LogP contribution is -2.38. The predicted octanol–water partition coefficient (Wildman–Crippen LogP) is 4.38. The zero-order valence-electron chi connectivity index (χ0n) is 17.4. The van der Waals surface area contributed by atoms with Crippen molar-refractivity contribution in [2.45, 2.75) is 5.54 Å². The highest BCUT2D eigenvalue weighted by Crippen LogP contribution is 2.40. The van der Waals surface area contributed by atoms with Crippen LogP contribution in [0.2, 0.25) is 0 Å². The fourth-order valence-electron chi connectivity index (χ4n) is 3.69. The Labute approximate surface area is 190 Å². The molecule has 4 rings (SSSR count). The maximum atomic E-state index is 11.8. The average molecular weight is 443 g/mol. The molecule has 0 bridgehead atoms. The van der Waals surface area contributed by atoms with Crippen LogP contribution in [-0.2, 0) is 15.2 Å². The lowest BCUT2D eigenvalue weighted by Gasteiger charge is -2.36. The highest BCUT2D eigenvalue weighted by molar-refractivity contribution is 7.14. The second-order valence-electron chi connectivity index (χ2n) is 7.00. The molecule has 6 nitrogen and oxygen atoms in total. The van der Waals surface area contributed by atoms with Crippen molar-refractivity contribution in [2.75, 3.05) is 12.4 Å². The highest BCUT2D eigenvalue weighted by Gasteiger charge is 2.37. The molecule has 32 heavy (non-hydrogen) atoms. The van der Waals surface area contributed by atoms with E-state index in [-0.39, 0.29) is 5.71 Å². The number of primary amides is 1. The smallest absolute Gasteiger partial charge is 0.273 e. The fourth-order valence-corrected chi connectivity index (χ4v) is 4.44. The number of oxime groups is 1. The molecule has 0 aliphatic heterocycles. The number of aromatic nitrogens is 1. The quantitative estimate of drug-likeness (QED) is 0.241. The highest BCUT2D eigenvalue weighted by atomic mass is 32.1. The molecule has 0 radical (unpaired) electrons. The lowest BCUT2D eigenvalue weighted by atomic mass is 9.77. The number of nitrogens with one attached hydrogen (secondary N) is 1. The van der Waals surface area contributed by atoms with Crippen LogP contribution >= 0.6 is 11.3 Å². The fraction of sp³-hybridized carbons (Fsp3) is 0.0800. The summed E-state index contributed by atoms with van der Waals surface area (Å²) in [7, 11) is 1.36. The van der Waals surface area contributed by atoms with Gasteiger partial charge in [-0.15, -0.1) is 11.3 Å². The monoisotopic (exact) mass is 442 g/mol. The van der Waals surface area contributed by atoms with Gasteiger partial charge in [-0.1, -0.05) is 96.2 Å². The maximum absolute atomic E-state index is 11.8. The summed E-state index contributed by atoms with van der Waals surface area (Å²) in [5.74, 6) is -0.704. The maximum Gasteiger partial charge on any atom is 0.273 e. The van der Waals surface area contributed by atoms with Gasteiger partial charge in [-0.2, -0.15) is 0 Å². The summed E-state index contributed by atoms with van der Waals surface area (Å²) in [5, 5.41) is 9.74. The Morgan fingerprint density at radius 3 is 1.78 bits per heavy atom. The zero-order valence-corrected chi connectivity index (χ0v) is 18.3. The number of benzene rings is 3. The number of rotatable bonds is 8. The number of anilines is 1. The molecule has 3 N–H and O–H groups in total. The van der Waals surface area contributed by atoms with Gasteiger partial charge in [-0.3, -0.25) is 4.79 Å². The van der Waals surface area contributed by atoms with Crippen molar-refractivity contribution >= 4 is 28.1 Å². The van der Waals surface area contributed by atoms with Crippen LogP contribution in [0.4, 0.5) is 5.13 Å². The van der Waals surface area contributed by atoms with Gasteiger partial charge >= 0.3 is 0 Å². The van der Waals surface area contributed by atoms with Crippen LogP contribution in [0, 0.1) is 0 Å². The second kappa shape index (κ2) is 9.45. The first-order valence-electron chi connectivity index (χ1n) is 9.96. The molecule has 1 aromatic heterocycles. The van der Waals surface area contributed by atoms with Gasteiger partial charge in [0, 0.05) is 5.38 Å². The minimum atomic E-state index is -0.718. The normalized spacial score (nSPS) is 11.7. The SMILES string of the molecule is CON=C(C(N)=O)c1csc(NC(c2ccccc2)(c2ccccc2)c2ccccc2)n1. The van der Waals surface area contributed by atoms with Gasteiger partial charge < -0.3 is 15.9 Å². The van der Waals surface area contributed by atoms with Gasteiger partial charge in [-0.05, 0) is 16.7 Å². The molecule has 1 heterocycles. The third-order valence-electron chi connectivity index (χ3n) is 5.08. The minimum absolute atomic E-state index is 0.0264. The van der Waals surface area contributed by atoms with E-state index in [1.807, 2.05) is 54.6 Å². The molecule has 0 aliphatic rings. The first kappa shape index (κ1) is 21.3. The number of hydrogen-bond acceptors (Lipinski definition) is 6. The molecule has 0 unspecified atom stereocenters. The summed E-state index contributed by atoms with van der Waals surface area (Å²) in [6.07, 6.45) is 0. The van der Waals surface area contributed by atoms with Crippen molar-refractivity contribution in [1.29, 1.82) is 0 Å². The van der Waals surface area contributed by atoms with Crippen molar-refractivity contribution in [3.8, 4) is 0 Å².